The van der Waals surface area contributed by atoms with Crippen molar-refractivity contribution < 1.29 is 0 Å². The molecule has 0 saturated heterocycles. The first-order valence-corrected chi connectivity index (χ1v) is 5.16. The summed E-state index contributed by atoms with van der Waals surface area (Å²) < 4.78 is 0. The van der Waals surface area contributed by atoms with Gasteiger partial charge in [0.15, 0.2) is 0 Å². The first-order chi connectivity index (χ1) is 6.63. The summed E-state index contributed by atoms with van der Waals surface area (Å²) in [5.74, 6) is 6.19. The molecular formula is C12H20N2. The van der Waals surface area contributed by atoms with E-state index in [-0.39, 0.29) is 6.04 Å². The van der Waals surface area contributed by atoms with Crippen LogP contribution in [0.1, 0.15) is 37.4 Å². The van der Waals surface area contributed by atoms with Crippen molar-refractivity contribution in [3.8, 4) is 0 Å². The molecule has 0 bridgehead atoms. The van der Waals surface area contributed by atoms with Crippen LogP contribution in [0.5, 0.6) is 0 Å². The van der Waals surface area contributed by atoms with E-state index in [1.165, 1.54) is 11.1 Å². The summed E-state index contributed by atoms with van der Waals surface area (Å²) in [6, 6.07) is 8.81. The first kappa shape index (κ1) is 11.2. The minimum atomic E-state index is 0.274. The van der Waals surface area contributed by atoms with Gasteiger partial charge < -0.3 is 0 Å². The maximum absolute atomic E-state index is 5.54. The third kappa shape index (κ3) is 3.13. The Hall–Kier alpha value is -0.860. The summed E-state index contributed by atoms with van der Waals surface area (Å²) in [4.78, 5) is 0. The third-order valence-corrected chi connectivity index (χ3v) is 2.39. The lowest BCUT2D eigenvalue weighted by atomic mass is 9.97. The summed E-state index contributed by atoms with van der Waals surface area (Å²) >= 11 is 0. The fraction of sp³-hybridized carbons (Fsp3) is 0.500. The van der Waals surface area contributed by atoms with Crippen molar-refractivity contribution in [1.82, 2.24) is 5.43 Å². The lowest BCUT2D eigenvalue weighted by Gasteiger charge is -2.18. The number of rotatable bonds is 4. The van der Waals surface area contributed by atoms with E-state index in [0.717, 1.165) is 6.42 Å². The summed E-state index contributed by atoms with van der Waals surface area (Å²) in [5.41, 5.74) is 5.43. The molecule has 0 saturated carbocycles. The van der Waals surface area contributed by atoms with Crippen LogP contribution in [0.15, 0.2) is 24.3 Å². The molecule has 0 aliphatic carbocycles. The van der Waals surface area contributed by atoms with Crippen LogP contribution in [0.2, 0.25) is 0 Å². The molecule has 1 aromatic rings. The number of hydrazine groups is 1. The predicted octanol–water partition coefficient (Wildman–Crippen LogP) is 2.55. The van der Waals surface area contributed by atoms with Gasteiger partial charge in [-0.05, 0) is 24.8 Å². The van der Waals surface area contributed by atoms with Crippen molar-refractivity contribution in [2.45, 2.75) is 33.2 Å². The lowest BCUT2D eigenvalue weighted by Crippen LogP contribution is -2.29. The number of nitrogens with one attached hydrogen (secondary N) is 1. The van der Waals surface area contributed by atoms with Gasteiger partial charge in [0.25, 0.3) is 0 Å². The predicted molar refractivity (Wildman–Crippen MR) is 60.7 cm³/mol. The van der Waals surface area contributed by atoms with Gasteiger partial charge in [-0.3, -0.25) is 11.3 Å². The summed E-state index contributed by atoms with van der Waals surface area (Å²) in [6.07, 6.45) is 1.07. The number of hydrogen-bond donors (Lipinski definition) is 2. The van der Waals surface area contributed by atoms with Gasteiger partial charge in [0.1, 0.15) is 0 Å². The highest BCUT2D eigenvalue weighted by Crippen LogP contribution is 2.20. The minimum Gasteiger partial charge on any atom is -0.271 e. The summed E-state index contributed by atoms with van der Waals surface area (Å²) in [6.45, 7) is 6.51. The van der Waals surface area contributed by atoms with Gasteiger partial charge in [-0.15, -0.1) is 0 Å². The van der Waals surface area contributed by atoms with Crippen LogP contribution in [-0.4, -0.2) is 0 Å². The largest absolute Gasteiger partial charge is 0.271 e. The van der Waals surface area contributed by atoms with Crippen LogP contribution < -0.4 is 11.3 Å². The molecular weight excluding hydrogens is 172 g/mol. The zero-order valence-corrected chi connectivity index (χ0v) is 9.25. The van der Waals surface area contributed by atoms with Crippen LogP contribution in [0, 0.1) is 12.8 Å². The Kier molecular flexibility index (Phi) is 4.11. The molecule has 1 atom stereocenters. The quantitative estimate of drug-likeness (QED) is 0.568. The lowest BCUT2D eigenvalue weighted by molar-refractivity contribution is 0.438. The molecule has 78 valence electrons. The Labute approximate surface area is 86.5 Å². The molecule has 1 unspecified atom stereocenters. The molecule has 0 aliphatic heterocycles. The van der Waals surface area contributed by atoms with Crippen molar-refractivity contribution in [3.63, 3.8) is 0 Å². The number of benzene rings is 1. The van der Waals surface area contributed by atoms with E-state index in [1.807, 2.05) is 0 Å². The molecule has 0 fully saturated rings. The fourth-order valence-electron chi connectivity index (χ4n) is 1.57. The zero-order valence-electron chi connectivity index (χ0n) is 9.25. The van der Waals surface area contributed by atoms with Crippen molar-refractivity contribution >= 4 is 0 Å². The number of nitrogens with two attached hydrogens (primary N) is 1. The molecule has 0 aliphatic rings. The number of hydrogen-bond acceptors (Lipinski definition) is 2. The highest BCUT2D eigenvalue weighted by atomic mass is 15.2. The van der Waals surface area contributed by atoms with E-state index in [0.29, 0.717) is 5.92 Å². The minimum absolute atomic E-state index is 0.274. The highest BCUT2D eigenvalue weighted by Gasteiger charge is 2.10. The highest BCUT2D eigenvalue weighted by molar-refractivity contribution is 5.23. The van der Waals surface area contributed by atoms with Crippen LogP contribution in [-0.2, 0) is 0 Å². The van der Waals surface area contributed by atoms with E-state index >= 15 is 0 Å². The van der Waals surface area contributed by atoms with Crippen molar-refractivity contribution in [2.24, 2.45) is 11.8 Å². The Morgan fingerprint density at radius 2 is 1.79 bits per heavy atom. The normalized spacial score (nSPS) is 13.2. The van der Waals surface area contributed by atoms with Crippen molar-refractivity contribution in [3.05, 3.63) is 35.4 Å². The van der Waals surface area contributed by atoms with Crippen LogP contribution in [0.4, 0.5) is 0 Å². The maximum atomic E-state index is 5.54. The average molecular weight is 192 g/mol. The SMILES string of the molecule is Cc1ccc(C(CC(C)C)NN)cc1. The molecule has 0 aromatic heterocycles. The first-order valence-electron chi connectivity index (χ1n) is 5.16. The van der Waals surface area contributed by atoms with E-state index in [1.54, 1.807) is 0 Å². The van der Waals surface area contributed by atoms with Crippen LogP contribution >= 0.6 is 0 Å². The van der Waals surface area contributed by atoms with Gasteiger partial charge in [0, 0.05) is 6.04 Å². The molecule has 3 N–H and O–H groups in total. The Morgan fingerprint density at radius 1 is 1.21 bits per heavy atom. The van der Waals surface area contributed by atoms with Gasteiger partial charge in [-0.1, -0.05) is 43.7 Å². The van der Waals surface area contributed by atoms with E-state index in [9.17, 15) is 0 Å². The average Bonchev–Trinajstić information content (AvgIpc) is 2.15. The Balaban J connectivity index is 2.73. The van der Waals surface area contributed by atoms with Crippen molar-refractivity contribution in [2.75, 3.05) is 0 Å². The van der Waals surface area contributed by atoms with Gasteiger partial charge in [-0.25, -0.2) is 0 Å². The van der Waals surface area contributed by atoms with E-state index in [2.05, 4.69) is 50.5 Å². The van der Waals surface area contributed by atoms with Gasteiger partial charge in [0.2, 0.25) is 0 Å². The van der Waals surface area contributed by atoms with Crippen LogP contribution in [0.3, 0.4) is 0 Å². The second-order valence-corrected chi connectivity index (χ2v) is 4.26. The summed E-state index contributed by atoms with van der Waals surface area (Å²) in [5, 5.41) is 0. The molecule has 2 heteroatoms. The summed E-state index contributed by atoms with van der Waals surface area (Å²) in [7, 11) is 0. The van der Waals surface area contributed by atoms with Gasteiger partial charge in [0.05, 0.1) is 0 Å². The standard InChI is InChI=1S/C12H20N2/c1-9(2)8-12(14-13)11-6-4-10(3)5-7-11/h4-7,9,12,14H,8,13H2,1-3H3. The van der Waals surface area contributed by atoms with Gasteiger partial charge in [-0.2, -0.15) is 0 Å². The Bertz CT molecular complexity index is 264. The fourth-order valence-corrected chi connectivity index (χ4v) is 1.57. The molecule has 1 rings (SSSR count). The molecule has 2 nitrogen and oxygen atoms in total. The number of aryl methyl sites for hydroxylation is 1. The Morgan fingerprint density at radius 3 is 2.21 bits per heavy atom. The zero-order chi connectivity index (χ0) is 10.6. The molecule has 0 amide bonds. The second kappa shape index (κ2) is 5.13. The van der Waals surface area contributed by atoms with E-state index in [4.69, 9.17) is 5.84 Å². The maximum Gasteiger partial charge on any atom is 0.0462 e. The van der Waals surface area contributed by atoms with E-state index < -0.39 is 0 Å². The molecule has 14 heavy (non-hydrogen) atoms. The molecule has 0 radical (unpaired) electrons. The smallest absolute Gasteiger partial charge is 0.0462 e. The molecule has 0 spiro atoms. The second-order valence-electron chi connectivity index (χ2n) is 4.26. The monoisotopic (exact) mass is 192 g/mol. The van der Waals surface area contributed by atoms with Crippen molar-refractivity contribution in [1.29, 1.82) is 0 Å². The third-order valence-electron chi connectivity index (χ3n) is 2.39. The van der Waals surface area contributed by atoms with Crippen LogP contribution in [0.25, 0.3) is 0 Å². The van der Waals surface area contributed by atoms with Gasteiger partial charge >= 0.3 is 0 Å². The molecule has 0 heterocycles. The molecule has 1 aromatic carbocycles. The topological polar surface area (TPSA) is 38.0 Å².